The average molecular weight is 403 g/mol. The normalized spacial score (nSPS) is 20.2. The number of pyridine rings is 1. The summed E-state index contributed by atoms with van der Waals surface area (Å²) >= 11 is 0. The largest absolute Gasteiger partial charge is 0.354 e. The molecule has 2 aromatic heterocycles. The first kappa shape index (κ1) is 19.8. The van der Waals surface area contributed by atoms with Crippen molar-refractivity contribution >= 4 is 10.9 Å². The van der Waals surface area contributed by atoms with Crippen molar-refractivity contribution in [3.05, 3.63) is 53.9 Å². The van der Waals surface area contributed by atoms with Gasteiger partial charge in [0.05, 0.1) is 0 Å². The molecule has 3 aromatic rings. The van der Waals surface area contributed by atoms with Gasteiger partial charge >= 0.3 is 0 Å². The third-order valence-corrected chi connectivity index (χ3v) is 7.57. The van der Waals surface area contributed by atoms with Gasteiger partial charge in [-0.25, -0.2) is 0 Å². The minimum Gasteiger partial charge on any atom is -0.354 e. The highest BCUT2D eigenvalue weighted by Gasteiger charge is 2.28. The van der Waals surface area contributed by atoms with E-state index in [0.29, 0.717) is 5.92 Å². The Balaban J connectivity index is 1.29. The Hall–Kier alpha value is -2.17. The number of nitrogens with one attached hydrogen (secondary N) is 1. The molecule has 0 saturated carbocycles. The zero-order chi connectivity index (χ0) is 20.5. The standard InChI is InChI=1S/C26H34N4/c1-3-29-14-10-23(11-15-29)30-16-8-20(9-17-30)22-4-5-25-24(18-22)19(2)26(28-25)21-6-12-27-13-7-21/h4-7,12-13,18,20,23,28H,3,8-11,14-17H2,1-2H3. The van der Waals surface area contributed by atoms with E-state index in [1.54, 1.807) is 0 Å². The van der Waals surface area contributed by atoms with E-state index in [4.69, 9.17) is 0 Å². The van der Waals surface area contributed by atoms with Gasteiger partial charge in [-0.15, -0.1) is 0 Å². The van der Waals surface area contributed by atoms with Crippen molar-refractivity contribution in [1.29, 1.82) is 0 Å². The fourth-order valence-electron chi connectivity index (χ4n) is 5.60. The zero-order valence-corrected chi connectivity index (χ0v) is 18.4. The monoisotopic (exact) mass is 402 g/mol. The third-order valence-electron chi connectivity index (χ3n) is 7.57. The van der Waals surface area contributed by atoms with Gasteiger partial charge in [0.15, 0.2) is 0 Å². The van der Waals surface area contributed by atoms with Crippen molar-refractivity contribution in [1.82, 2.24) is 19.8 Å². The van der Waals surface area contributed by atoms with E-state index < -0.39 is 0 Å². The summed E-state index contributed by atoms with van der Waals surface area (Å²) in [5.41, 5.74) is 6.54. The summed E-state index contributed by atoms with van der Waals surface area (Å²) in [6.45, 7) is 10.8. The first-order chi connectivity index (χ1) is 14.7. The van der Waals surface area contributed by atoms with E-state index in [9.17, 15) is 0 Å². The number of nitrogens with zero attached hydrogens (tertiary/aromatic N) is 3. The molecule has 0 bridgehead atoms. The first-order valence-corrected chi connectivity index (χ1v) is 11.7. The molecule has 158 valence electrons. The molecule has 4 heteroatoms. The van der Waals surface area contributed by atoms with Crippen molar-refractivity contribution in [3.63, 3.8) is 0 Å². The Kier molecular flexibility index (Phi) is 5.62. The molecule has 0 unspecified atom stereocenters. The van der Waals surface area contributed by atoms with Gasteiger partial charge in [0.2, 0.25) is 0 Å². The second-order valence-corrected chi connectivity index (χ2v) is 9.14. The van der Waals surface area contributed by atoms with Crippen LogP contribution in [-0.2, 0) is 0 Å². The second-order valence-electron chi connectivity index (χ2n) is 9.14. The van der Waals surface area contributed by atoms with Crippen LogP contribution in [0.1, 0.15) is 49.7 Å². The number of aromatic nitrogens is 2. The summed E-state index contributed by atoms with van der Waals surface area (Å²) in [5, 5.41) is 1.37. The van der Waals surface area contributed by atoms with Gasteiger partial charge in [-0.1, -0.05) is 13.0 Å². The van der Waals surface area contributed by atoms with E-state index in [-0.39, 0.29) is 0 Å². The molecule has 1 aromatic carbocycles. The fraction of sp³-hybridized carbons (Fsp3) is 0.500. The molecule has 0 aliphatic carbocycles. The van der Waals surface area contributed by atoms with E-state index >= 15 is 0 Å². The Morgan fingerprint density at radius 1 is 0.967 bits per heavy atom. The van der Waals surface area contributed by atoms with Crippen molar-refractivity contribution in [2.45, 2.75) is 51.5 Å². The summed E-state index contributed by atoms with van der Waals surface area (Å²) in [6.07, 6.45) is 9.02. The van der Waals surface area contributed by atoms with Crippen LogP contribution < -0.4 is 0 Å². The zero-order valence-electron chi connectivity index (χ0n) is 18.4. The highest BCUT2D eigenvalue weighted by molar-refractivity contribution is 5.91. The van der Waals surface area contributed by atoms with Crippen LogP contribution >= 0.6 is 0 Å². The Morgan fingerprint density at radius 2 is 1.70 bits per heavy atom. The van der Waals surface area contributed by atoms with Crippen LogP contribution in [0.2, 0.25) is 0 Å². The minimum absolute atomic E-state index is 0.694. The quantitative estimate of drug-likeness (QED) is 0.651. The summed E-state index contributed by atoms with van der Waals surface area (Å²) < 4.78 is 0. The topological polar surface area (TPSA) is 35.2 Å². The molecule has 0 atom stereocenters. The lowest BCUT2D eigenvalue weighted by atomic mass is 9.87. The molecule has 5 rings (SSSR count). The molecule has 30 heavy (non-hydrogen) atoms. The van der Waals surface area contributed by atoms with E-state index in [0.717, 1.165) is 6.04 Å². The molecule has 2 fully saturated rings. The van der Waals surface area contributed by atoms with Gasteiger partial charge in [-0.3, -0.25) is 4.98 Å². The average Bonchev–Trinajstić information content (AvgIpc) is 3.16. The number of likely N-dealkylation sites (tertiary alicyclic amines) is 2. The van der Waals surface area contributed by atoms with E-state index in [1.165, 1.54) is 91.7 Å². The second kappa shape index (κ2) is 8.52. The lowest BCUT2D eigenvalue weighted by Gasteiger charge is -2.41. The van der Waals surface area contributed by atoms with Crippen molar-refractivity contribution in [3.8, 4) is 11.3 Å². The van der Waals surface area contributed by atoms with Crippen molar-refractivity contribution in [2.75, 3.05) is 32.7 Å². The molecule has 0 spiro atoms. The maximum atomic E-state index is 4.16. The summed E-state index contributed by atoms with van der Waals surface area (Å²) in [5.74, 6) is 0.694. The van der Waals surface area contributed by atoms with Crippen LogP contribution in [0.3, 0.4) is 0 Å². The van der Waals surface area contributed by atoms with Crippen molar-refractivity contribution in [2.24, 2.45) is 0 Å². The lowest BCUT2D eigenvalue weighted by molar-refractivity contribution is 0.0895. The van der Waals surface area contributed by atoms with Gasteiger partial charge in [-0.2, -0.15) is 0 Å². The molecule has 2 saturated heterocycles. The van der Waals surface area contributed by atoms with Gasteiger partial charge in [0.1, 0.15) is 0 Å². The number of aromatic amines is 1. The lowest BCUT2D eigenvalue weighted by Crippen LogP contribution is -2.47. The number of hydrogen-bond donors (Lipinski definition) is 1. The van der Waals surface area contributed by atoms with Gasteiger partial charge in [0, 0.05) is 40.6 Å². The van der Waals surface area contributed by atoms with Crippen molar-refractivity contribution < 1.29 is 0 Å². The van der Waals surface area contributed by atoms with E-state index in [2.05, 4.69) is 63.9 Å². The Morgan fingerprint density at radius 3 is 2.40 bits per heavy atom. The van der Waals surface area contributed by atoms with Crippen LogP contribution in [0.25, 0.3) is 22.2 Å². The van der Waals surface area contributed by atoms with Gasteiger partial charge in [0.25, 0.3) is 0 Å². The number of rotatable bonds is 4. The van der Waals surface area contributed by atoms with Crippen LogP contribution in [-0.4, -0.2) is 58.5 Å². The van der Waals surface area contributed by atoms with Crippen LogP contribution in [0.15, 0.2) is 42.7 Å². The maximum Gasteiger partial charge on any atom is 0.0495 e. The Bertz CT molecular complexity index is 977. The molecule has 1 N–H and O–H groups in total. The molecular weight excluding hydrogens is 368 g/mol. The fourth-order valence-corrected chi connectivity index (χ4v) is 5.60. The van der Waals surface area contributed by atoms with Crippen LogP contribution in [0, 0.1) is 6.92 Å². The predicted molar refractivity (Wildman–Crippen MR) is 125 cm³/mol. The maximum absolute atomic E-state index is 4.16. The molecule has 2 aliphatic rings. The predicted octanol–water partition coefficient (Wildman–Crippen LogP) is 5.20. The number of piperidine rings is 2. The Labute approximate surface area is 180 Å². The third kappa shape index (κ3) is 3.79. The van der Waals surface area contributed by atoms with Gasteiger partial charge < -0.3 is 14.8 Å². The van der Waals surface area contributed by atoms with E-state index in [1.807, 2.05) is 12.4 Å². The SMILES string of the molecule is CCN1CCC(N2CCC(c3ccc4[nH]c(-c5ccncc5)c(C)c4c3)CC2)CC1. The number of H-pyrrole nitrogens is 1. The smallest absolute Gasteiger partial charge is 0.0495 e. The number of fused-ring (bicyclic) bond motifs is 1. The summed E-state index contributed by atoms with van der Waals surface area (Å²) in [4.78, 5) is 13.2. The van der Waals surface area contributed by atoms with Crippen LogP contribution in [0.5, 0.6) is 0 Å². The molecule has 4 nitrogen and oxygen atoms in total. The first-order valence-electron chi connectivity index (χ1n) is 11.7. The molecule has 2 aliphatic heterocycles. The molecule has 0 radical (unpaired) electrons. The highest BCUT2D eigenvalue weighted by atomic mass is 15.2. The molecular formula is C26H34N4. The summed E-state index contributed by atoms with van der Waals surface area (Å²) in [6, 6.07) is 12.1. The number of benzene rings is 1. The number of hydrogen-bond acceptors (Lipinski definition) is 3. The molecule has 4 heterocycles. The minimum atomic E-state index is 0.694. The molecule has 0 amide bonds. The number of aryl methyl sites for hydroxylation is 1. The van der Waals surface area contributed by atoms with Gasteiger partial charge in [-0.05, 0) is 107 Å². The summed E-state index contributed by atoms with van der Waals surface area (Å²) in [7, 11) is 0. The highest BCUT2D eigenvalue weighted by Crippen LogP contribution is 2.35. The van der Waals surface area contributed by atoms with Crippen LogP contribution in [0.4, 0.5) is 0 Å².